The summed E-state index contributed by atoms with van der Waals surface area (Å²) in [6, 6.07) is 7.15. The second kappa shape index (κ2) is 11.6. The van der Waals surface area contributed by atoms with E-state index in [1.54, 1.807) is 41.9 Å². The molecule has 0 bridgehead atoms. The fourth-order valence-electron chi connectivity index (χ4n) is 2.93. The lowest BCUT2D eigenvalue weighted by atomic mass is 10.3. The number of fused-ring (bicyclic) bond motifs is 1. The van der Waals surface area contributed by atoms with Crippen molar-refractivity contribution in [1.82, 2.24) is 25.1 Å². The lowest BCUT2D eigenvalue weighted by molar-refractivity contribution is -0.123. The molecule has 2 N–H and O–H groups in total. The van der Waals surface area contributed by atoms with E-state index < -0.39 is 0 Å². The molecule has 0 radical (unpaired) electrons. The second-order valence-electron chi connectivity index (χ2n) is 7.37. The third-order valence-corrected chi connectivity index (χ3v) is 5.28. The van der Waals surface area contributed by atoms with E-state index in [-0.39, 0.29) is 12.5 Å². The molecule has 0 fully saturated rings. The predicted octanol–water partition coefficient (Wildman–Crippen LogP) is 3.35. The van der Waals surface area contributed by atoms with Crippen LogP contribution < -0.4 is 20.1 Å². The molecule has 32 heavy (non-hydrogen) atoms. The van der Waals surface area contributed by atoms with E-state index in [1.165, 1.54) is 0 Å². The van der Waals surface area contributed by atoms with Gasteiger partial charge in [-0.05, 0) is 18.6 Å². The van der Waals surface area contributed by atoms with Gasteiger partial charge in [-0.15, -0.1) is 0 Å². The van der Waals surface area contributed by atoms with Crippen molar-refractivity contribution in [2.24, 2.45) is 0 Å². The van der Waals surface area contributed by atoms with Gasteiger partial charge in [-0.2, -0.15) is 5.10 Å². The van der Waals surface area contributed by atoms with Crippen molar-refractivity contribution < 1.29 is 14.3 Å². The Balaban J connectivity index is 1.60. The van der Waals surface area contributed by atoms with E-state index in [9.17, 15) is 4.79 Å². The van der Waals surface area contributed by atoms with Crippen LogP contribution in [0.2, 0.25) is 0 Å². The summed E-state index contributed by atoms with van der Waals surface area (Å²) in [5.74, 6) is 1.84. The third-order valence-electron chi connectivity index (χ3n) is 4.42. The zero-order valence-electron chi connectivity index (χ0n) is 18.9. The molecule has 3 rings (SSSR count). The molecule has 1 aromatic carbocycles. The standard InChI is InChI=1S/C22H30N6O3S/c1-5-9-24-20-18-13-25-28(21(18)27-22(26-20)32-15(2)3)11-10-23-19(29)14-31-17-8-6-7-16(12-17)30-4/h6-8,12-13,15H,5,9-11,14H2,1-4H3,(H,23,29)(H,24,26,27). The Kier molecular flexibility index (Phi) is 8.55. The highest BCUT2D eigenvalue weighted by Gasteiger charge is 2.14. The largest absolute Gasteiger partial charge is 0.497 e. The molecular weight excluding hydrogens is 428 g/mol. The van der Waals surface area contributed by atoms with Crippen LogP contribution in [-0.4, -0.2) is 57.7 Å². The molecule has 0 aliphatic rings. The number of benzene rings is 1. The maximum absolute atomic E-state index is 12.2. The Morgan fingerprint density at radius 1 is 1.22 bits per heavy atom. The van der Waals surface area contributed by atoms with Crippen LogP contribution in [0.3, 0.4) is 0 Å². The van der Waals surface area contributed by atoms with Crippen LogP contribution in [0.5, 0.6) is 11.5 Å². The summed E-state index contributed by atoms with van der Waals surface area (Å²) < 4.78 is 12.5. The molecule has 9 nitrogen and oxygen atoms in total. The quantitative estimate of drug-likeness (QED) is 0.315. The van der Waals surface area contributed by atoms with Gasteiger partial charge in [0.1, 0.15) is 17.3 Å². The molecule has 0 saturated heterocycles. The van der Waals surface area contributed by atoms with E-state index >= 15 is 0 Å². The van der Waals surface area contributed by atoms with Gasteiger partial charge in [0.25, 0.3) is 5.91 Å². The van der Waals surface area contributed by atoms with E-state index in [1.807, 2.05) is 12.1 Å². The van der Waals surface area contributed by atoms with E-state index in [0.29, 0.717) is 35.0 Å². The summed E-state index contributed by atoms with van der Waals surface area (Å²) in [5.41, 5.74) is 0.753. The van der Waals surface area contributed by atoms with Gasteiger partial charge in [-0.1, -0.05) is 38.6 Å². The molecule has 0 spiro atoms. The molecule has 2 aromatic heterocycles. The summed E-state index contributed by atoms with van der Waals surface area (Å²) in [7, 11) is 1.59. The number of ether oxygens (including phenoxy) is 2. The summed E-state index contributed by atoms with van der Waals surface area (Å²) >= 11 is 1.61. The van der Waals surface area contributed by atoms with Crippen LogP contribution in [0.25, 0.3) is 11.0 Å². The first-order chi connectivity index (χ1) is 15.5. The van der Waals surface area contributed by atoms with Gasteiger partial charge in [0, 0.05) is 24.4 Å². The highest BCUT2D eigenvalue weighted by molar-refractivity contribution is 7.99. The normalized spacial score (nSPS) is 11.0. The number of carbonyl (C=O) groups is 1. The minimum atomic E-state index is -0.208. The van der Waals surface area contributed by atoms with Crippen LogP contribution in [0, 0.1) is 0 Å². The van der Waals surface area contributed by atoms with Gasteiger partial charge in [-0.25, -0.2) is 14.6 Å². The van der Waals surface area contributed by atoms with Crippen LogP contribution >= 0.6 is 11.8 Å². The highest BCUT2D eigenvalue weighted by atomic mass is 32.2. The van der Waals surface area contributed by atoms with E-state index in [0.717, 1.165) is 29.8 Å². The lowest BCUT2D eigenvalue weighted by Crippen LogP contribution is -2.31. The molecule has 3 aromatic rings. The number of nitrogens with zero attached hydrogens (tertiary/aromatic N) is 4. The van der Waals surface area contributed by atoms with Gasteiger partial charge in [0.05, 0.1) is 25.2 Å². The fourth-order valence-corrected chi connectivity index (χ4v) is 3.64. The first-order valence-corrected chi connectivity index (χ1v) is 11.6. The number of aromatic nitrogens is 4. The number of hydrogen-bond donors (Lipinski definition) is 2. The SMILES string of the molecule is CCCNc1nc(SC(C)C)nc2c1cnn2CCNC(=O)COc1cccc(OC)c1. The summed E-state index contributed by atoms with van der Waals surface area (Å²) in [5, 5.41) is 12.6. The number of carbonyl (C=O) groups excluding carboxylic acids is 1. The Hall–Kier alpha value is -3.01. The Morgan fingerprint density at radius 3 is 2.78 bits per heavy atom. The number of anilines is 1. The smallest absolute Gasteiger partial charge is 0.258 e. The minimum absolute atomic E-state index is 0.0740. The average Bonchev–Trinajstić information content (AvgIpc) is 3.18. The number of thioether (sulfide) groups is 1. The third kappa shape index (κ3) is 6.49. The monoisotopic (exact) mass is 458 g/mol. The van der Waals surface area contributed by atoms with Crippen molar-refractivity contribution in [1.29, 1.82) is 0 Å². The highest BCUT2D eigenvalue weighted by Crippen LogP contribution is 2.26. The van der Waals surface area contributed by atoms with Gasteiger partial charge in [-0.3, -0.25) is 4.79 Å². The first-order valence-electron chi connectivity index (χ1n) is 10.7. The maximum atomic E-state index is 12.2. The zero-order valence-corrected chi connectivity index (χ0v) is 19.7. The topological polar surface area (TPSA) is 103 Å². The molecule has 0 saturated carbocycles. The van der Waals surface area contributed by atoms with Crippen LogP contribution in [-0.2, 0) is 11.3 Å². The van der Waals surface area contributed by atoms with Gasteiger partial charge >= 0.3 is 0 Å². The Morgan fingerprint density at radius 2 is 2.03 bits per heavy atom. The molecule has 0 atom stereocenters. The minimum Gasteiger partial charge on any atom is -0.497 e. The lowest BCUT2D eigenvalue weighted by Gasteiger charge is -2.11. The van der Waals surface area contributed by atoms with Crippen molar-refractivity contribution in [2.45, 2.75) is 44.1 Å². The van der Waals surface area contributed by atoms with E-state index in [4.69, 9.17) is 14.5 Å². The summed E-state index contributed by atoms with van der Waals surface area (Å²) in [4.78, 5) is 21.5. The molecule has 2 heterocycles. The first kappa shape index (κ1) is 23.6. The van der Waals surface area contributed by atoms with Gasteiger partial charge < -0.3 is 20.1 Å². The fraction of sp³-hybridized carbons (Fsp3) is 0.455. The maximum Gasteiger partial charge on any atom is 0.258 e. The Bertz CT molecular complexity index is 1040. The predicted molar refractivity (Wildman–Crippen MR) is 127 cm³/mol. The molecular formula is C22H30N6O3S. The van der Waals surface area contributed by atoms with Crippen LogP contribution in [0.1, 0.15) is 27.2 Å². The summed E-state index contributed by atoms with van der Waals surface area (Å²) in [6.45, 7) is 7.98. The molecule has 172 valence electrons. The number of nitrogens with one attached hydrogen (secondary N) is 2. The zero-order chi connectivity index (χ0) is 22.9. The van der Waals surface area contributed by atoms with E-state index in [2.05, 4.69) is 41.5 Å². The number of rotatable bonds is 12. The molecule has 0 aliphatic carbocycles. The Labute approximate surface area is 192 Å². The van der Waals surface area contributed by atoms with Crippen LogP contribution in [0.4, 0.5) is 5.82 Å². The number of hydrogen-bond acceptors (Lipinski definition) is 8. The van der Waals surface area contributed by atoms with Crippen molar-refractivity contribution >= 4 is 34.5 Å². The van der Waals surface area contributed by atoms with Gasteiger partial charge in [0.2, 0.25) is 0 Å². The van der Waals surface area contributed by atoms with Gasteiger partial charge in [0.15, 0.2) is 17.4 Å². The van der Waals surface area contributed by atoms with Crippen molar-refractivity contribution in [3.8, 4) is 11.5 Å². The molecule has 0 aliphatic heterocycles. The number of amides is 1. The molecule has 1 amide bonds. The molecule has 10 heteroatoms. The second-order valence-corrected chi connectivity index (χ2v) is 8.91. The average molecular weight is 459 g/mol. The van der Waals surface area contributed by atoms with Crippen molar-refractivity contribution in [2.75, 3.05) is 32.1 Å². The molecule has 0 unspecified atom stereocenters. The van der Waals surface area contributed by atoms with Crippen molar-refractivity contribution in [3.63, 3.8) is 0 Å². The van der Waals surface area contributed by atoms with Crippen LogP contribution in [0.15, 0.2) is 35.6 Å². The van der Waals surface area contributed by atoms with Crippen molar-refractivity contribution in [3.05, 3.63) is 30.5 Å². The number of methoxy groups -OCH3 is 1. The summed E-state index contributed by atoms with van der Waals surface area (Å²) in [6.07, 6.45) is 2.76.